The van der Waals surface area contributed by atoms with Crippen molar-refractivity contribution in [1.82, 2.24) is 0 Å². The fraction of sp³-hybridized carbons (Fsp3) is 0.231. The summed E-state index contributed by atoms with van der Waals surface area (Å²) >= 11 is 0. The van der Waals surface area contributed by atoms with Crippen molar-refractivity contribution < 1.29 is 19.1 Å². The first-order valence-corrected chi connectivity index (χ1v) is 5.28. The van der Waals surface area contributed by atoms with E-state index in [4.69, 9.17) is 9.47 Å². The lowest BCUT2D eigenvalue weighted by Crippen LogP contribution is -2.14. The molecule has 0 aliphatic rings. The molecule has 17 heavy (non-hydrogen) atoms. The van der Waals surface area contributed by atoms with Crippen LogP contribution in [0.4, 0.5) is 0 Å². The second kappa shape index (κ2) is 6.48. The van der Waals surface area contributed by atoms with Crippen LogP contribution in [0.1, 0.15) is 23.7 Å². The van der Waals surface area contributed by atoms with Gasteiger partial charge in [0.1, 0.15) is 0 Å². The van der Waals surface area contributed by atoms with Crippen molar-refractivity contribution in [2.45, 2.75) is 13.3 Å². The highest BCUT2D eigenvalue weighted by atomic mass is 16.6. The minimum absolute atomic E-state index is 0.279. The summed E-state index contributed by atoms with van der Waals surface area (Å²) < 4.78 is 9.56. The van der Waals surface area contributed by atoms with Crippen molar-refractivity contribution in [3.05, 3.63) is 48.2 Å². The van der Waals surface area contributed by atoms with Crippen LogP contribution >= 0.6 is 0 Å². The summed E-state index contributed by atoms with van der Waals surface area (Å²) in [5.41, 5.74) is 0.358. The normalized spacial score (nSPS) is 9.47. The van der Waals surface area contributed by atoms with Crippen molar-refractivity contribution >= 4 is 11.9 Å². The number of rotatable bonds is 5. The molecule has 0 aliphatic heterocycles. The Morgan fingerprint density at radius 1 is 1.24 bits per heavy atom. The van der Waals surface area contributed by atoms with E-state index in [2.05, 4.69) is 6.58 Å². The Bertz CT molecular complexity index is 409. The van der Waals surface area contributed by atoms with Crippen LogP contribution in [0.5, 0.6) is 0 Å². The van der Waals surface area contributed by atoms with Gasteiger partial charge in [-0.3, -0.25) is 0 Å². The number of esters is 2. The van der Waals surface area contributed by atoms with E-state index in [0.717, 1.165) is 0 Å². The van der Waals surface area contributed by atoms with E-state index in [1.165, 1.54) is 0 Å². The van der Waals surface area contributed by atoms with Gasteiger partial charge in [0.05, 0.1) is 12.2 Å². The number of carbonyl (C=O) groups excluding carboxylic acids is 2. The summed E-state index contributed by atoms with van der Waals surface area (Å²) in [5, 5.41) is 0. The average molecular weight is 234 g/mol. The fourth-order valence-corrected chi connectivity index (χ4v) is 1.06. The molecular weight excluding hydrogens is 220 g/mol. The highest BCUT2D eigenvalue weighted by Crippen LogP contribution is 2.06. The minimum Gasteiger partial charge on any atom is -0.460 e. The quantitative estimate of drug-likeness (QED) is 0.445. The molecule has 0 unspecified atom stereocenters. The van der Waals surface area contributed by atoms with Gasteiger partial charge in [-0.05, 0) is 25.1 Å². The number of hydrogen-bond acceptors (Lipinski definition) is 4. The van der Waals surface area contributed by atoms with Crippen LogP contribution in [0.2, 0.25) is 0 Å². The maximum atomic E-state index is 11.5. The van der Waals surface area contributed by atoms with Crippen molar-refractivity contribution in [1.29, 1.82) is 0 Å². The van der Waals surface area contributed by atoms with Crippen LogP contribution in [0, 0.1) is 0 Å². The molecule has 0 aliphatic carbocycles. The molecule has 0 saturated carbocycles. The van der Waals surface area contributed by atoms with Crippen LogP contribution in [-0.2, 0) is 14.3 Å². The zero-order chi connectivity index (χ0) is 12.7. The van der Waals surface area contributed by atoms with Gasteiger partial charge in [-0.25, -0.2) is 9.59 Å². The van der Waals surface area contributed by atoms with Crippen LogP contribution in [-0.4, -0.2) is 18.5 Å². The zero-order valence-corrected chi connectivity index (χ0v) is 9.64. The maximum absolute atomic E-state index is 11.5. The van der Waals surface area contributed by atoms with Crippen molar-refractivity contribution in [3.63, 3.8) is 0 Å². The number of hydrogen-bond donors (Lipinski definition) is 0. The Hall–Kier alpha value is -2.10. The van der Waals surface area contributed by atoms with Gasteiger partial charge in [0.25, 0.3) is 0 Å². The Morgan fingerprint density at radius 2 is 1.88 bits per heavy atom. The second-order valence-corrected chi connectivity index (χ2v) is 3.31. The van der Waals surface area contributed by atoms with E-state index >= 15 is 0 Å². The summed E-state index contributed by atoms with van der Waals surface area (Å²) in [4.78, 5) is 22.8. The molecule has 0 amide bonds. The number of benzene rings is 1. The van der Waals surface area contributed by atoms with Gasteiger partial charge in [-0.2, -0.15) is 0 Å². The Morgan fingerprint density at radius 3 is 2.47 bits per heavy atom. The Labute approximate surface area is 99.8 Å². The lowest BCUT2D eigenvalue weighted by molar-refractivity contribution is -0.142. The molecule has 0 aromatic heterocycles. The van der Waals surface area contributed by atoms with Crippen LogP contribution in [0.15, 0.2) is 42.7 Å². The topological polar surface area (TPSA) is 52.6 Å². The Balaban J connectivity index is 2.52. The highest BCUT2D eigenvalue weighted by Gasteiger charge is 2.15. The molecule has 0 spiro atoms. The van der Waals surface area contributed by atoms with E-state index in [9.17, 15) is 9.59 Å². The zero-order valence-electron chi connectivity index (χ0n) is 9.64. The molecule has 4 heteroatoms. The third-order valence-electron chi connectivity index (χ3n) is 1.89. The highest BCUT2D eigenvalue weighted by molar-refractivity contribution is 5.95. The summed E-state index contributed by atoms with van der Waals surface area (Å²) in [5.74, 6) is -1.63. The summed E-state index contributed by atoms with van der Waals surface area (Å²) in [6, 6.07) is 8.37. The molecule has 4 nitrogen and oxygen atoms in total. The molecule has 1 rings (SSSR count). The molecule has 0 radical (unpaired) electrons. The molecule has 1 aromatic carbocycles. The van der Waals surface area contributed by atoms with Crippen LogP contribution in [0.25, 0.3) is 0 Å². The van der Waals surface area contributed by atoms with Gasteiger partial charge in [-0.15, -0.1) is 0 Å². The standard InChI is InChI=1S/C13H14O4/c1-3-9-16-12(14)10(2)17-13(15)11-7-5-4-6-8-11/h4-8H,2-3,9H2,1H3. The van der Waals surface area contributed by atoms with Gasteiger partial charge >= 0.3 is 11.9 Å². The summed E-state index contributed by atoms with van der Waals surface area (Å²) in [6.07, 6.45) is 0.700. The predicted molar refractivity (Wildman–Crippen MR) is 62.2 cm³/mol. The third kappa shape index (κ3) is 4.10. The van der Waals surface area contributed by atoms with Crippen molar-refractivity contribution in [2.24, 2.45) is 0 Å². The van der Waals surface area contributed by atoms with Crippen molar-refractivity contribution in [3.8, 4) is 0 Å². The smallest absolute Gasteiger partial charge is 0.373 e. The number of ether oxygens (including phenoxy) is 2. The average Bonchev–Trinajstić information content (AvgIpc) is 2.36. The maximum Gasteiger partial charge on any atom is 0.373 e. The summed E-state index contributed by atoms with van der Waals surface area (Å²) in [6.45, 7) is 5.50. The first-order chi connectivity index (χ1) is 8.15. The van der Waals surface area contributed by atoms with E-state index in [1.807, 2.05) is 6.92 Å². The molecule has 1 aromatic rings. The number of carbonyl (C=O) groups is 2. The monoisotopic (exact) mass is 234 g/mol. The lowest BCUT2D eigenvalue weighted by Gasteiger charge is -2.06. The molecule has 0 atom stereocenters. The largest absolute Gasteiger partial charge is 0.460 e. The van der Waals surface area contributed by atoms with E-state index in [0.29, 0.717) is 12.0 Å². The van der Waals surface area contributed by atoms with Gasteiger partial charge in [0, 0.05) is 0 Å². The fourth-order valence-electron chi connectivity index (χ4n) is 1.06. The Kier molecular flexibility index (Phi) is 4.94. The molecular formula is C13H14O4. The van der Waals surface area contributed by atoms with Gasteiger partial charge < -0.3 is 9.47 Å². The molecule has 0 N–H and O–H groups in total. The minimum atomic E-state index is -0.712. The van der Waals surface area contributed by atoms with E-state index < -0.39 is 11.9 Å². The van der Waals surface area contributed by atoms with Crippen molar-refractivity contribution in [2.75, 3.05) is 6.61 Å². The van der Waals surface area contributed by atoms with E-state index in [-0.39, 0.29) is 12.4 Å². The van der Waals surface area contributed by atoms with Crippen LogP contribution in [0.3, 0.4) is 0 Å². The first-order valence-electron chi connectivity index (χ1n) is 5.28. The lowest BCUT2D eigenvalue weighted by atomic mass is 10.2. The first kappa shape index (κ1) is 13.0. The molecule has 0 bridgehead atoms. The third-order valence-corrected chi connectivity index (χ3v) is 1.89. The summed E-state index contributed by atoms with van der Waals surface area (Å²) in [7, 11) is 0. The molecule has 0 fully saturated rings. The second-order valence-electron chi connectivity index (χ2n) is 3.31. The van der Waals surface area contributed by atoms with Gasteiger partial charge in [0.2, 0.25) is 5.76 Å². The van der Waals surface area contributed by atoms with Crippen LogP contribution < -0.4 is 0 Å². The SMILES string of the molecule is C=C(OC(=O)c1ccccc1)C(=O)OCCC. The predicted octanol–water partition coefficient (Wildman–Crippen LogP) is 2.31. The van der Waals surface area contributed by atoms with Gasteiger partial charge in [-0.1, -0.05) is 25.1 Å². The molecule has 0 heterocycles. The van der Waals surface area contributed by atoms with Gasteiger partial charge in [0.15, 0.2) is 0 Å². The molecule has 0 saturated heterocycles. The molecule has 90 valence electrons. The van der Waals surface area contributed by atoms with E-state index in [1.54, 1.807) is 30.3 Å².